The molecule has 0 N–H and O–H groups in total. The topological polar surface area (TPSA) is 15.6 Å². The van der Waals surface area contributed by atoms with Crippen molar-refractivity contribution < 1.29 is 0 Å². The summed E-state index contributed by atoms with van der Waals surface area (Å²) < 4.78 is 0. The van der Waals surface area contributed by atoms with Gasteiger partial charge in [-0.25, -0.2) is 0 Å². The molecule has 0 amide bonds. The van der Waals surface area contributed by atoms with E-state index in [1.54, 1.807) is 0 Å². The van der Waals surface area contributed by atoms with Gasteiger partial charge in [0.05, 0.1) is 11.8 Å². The highest BCUT2D eigenvalue weighted by Crippen LogP contribution is 2.37. The Morgan fingerprint density at radius 1 is 0.760 bits per heavy atom. The Morgan fingerprint density at radius 3 is 2.00 bits per heavy atom. The minimum atomic E-state index is 0.00917. The van der Waals surface area contributed by atoms with E-state index in [1.165, 1.54) is 22.4 Å². The maximum absolute atomic E-state index is 5.14. The SMILES string of the molecule is Cc1ccc(C2=NC(c3ccccc3)N(c3ccccc3)C2C)cc1. The average Bonchev–Trinajstić information content (AvgIpc) is 3.01. The first-order valence-electron chi connectivity index (χ1n) is 8.77. The van der Waals surface area contributed by atoms with Crippen LogP contribution >= 0.6 is 0 Å². The number of anilines is 1. The second-order valence-electron chi connectivity index (χ2n) is 6.58. The molecule has 25 heavy (non-hydrogen) atoms. The molecule has 0 radical (unpaired) electrons. The van der Waals surface area contributed by atoms with Crippen LogP contribution in [0.4, 0.5) is 5.69 Å². The van der Waals surface area contributed by atoms with E-state index in [4.69, 9.17) is 4.99 Å². The van der Waals surface area contributed by atoms with Crippen LogP contribution in [0.15, 0.2) is 89.9 Å². The number of hydrogen-bond acceptors (Lipinski definition) is 2. The predicted octanol–water partition coefficient (Wildman–Crippen LogP) is 5.39. The molecule has 3 aromatic carbocycles. The standard InChI is InChI=1S/C23H22N2/c1-17-13-15-19(16-14-17)22-18(2)25(21-11-7-4-8-12-21)23(24-22)20-9-5-3-6-10-20/h3-16,18,23H,1-2H3. The third-order valence-corrected chi connectivity index (χ3v) is 4.84. The largest absolute Gasteiger partial charge is 0.337 e. The molecule has 4 rings (SSSR count). The van der Waals surface area contributed by atoms with Crippen molar-refractivity contribution in [3.63, 3.8) is 0 Å². The Morgan fingerprint density at radius 2 is 1.36 bits per heavy atom. The van der Waals surface area contributed by atoms with Crippen LogP contribution in [0.1, 0.15) is 29.8 Å². The minimum Gasteiger partial charge on any atom is -0.337 e. The van der Waals surface area contributed by atoms with Gasteiger partial charge in [-0.15, -0.1) is 0 Å². The lowest BCUT2D eigenvalue weighted by atomic mass is 10.0. The summed E-state index contributed by atoms with van der Waals surface area (Å²) >= 11 is 0. The zero-order chi connectivity index (χ0) is 17.2. The minimum absolute atomic E-state index is 0.00917. The van der Waals surface area contributed by atoms with E-state index in [0.29, 0.717) is 0 Å². The summed E-state index contributed by atoms with van der Waals surface area (Å²) in [5, 5.41) is 0. The Bertz CT molecular complexity index is 867. The Labute approximate surface area is 149 Å². The molecule has 1 heterocycles. The second kappa shape index (κ2) is 6.56. The normalized spacial score (nSPS) is 19.8. The highest BCUT2D eigenvalue weighted by molar-refractivity contribution is 6.07. The van der Waals surface area contributed by atoms with Gasteiger partial charge in [0, 0.05) is 5.69 Å². The van der Waals surface area contributed by atoms with Gasteiger partial charge in [-0.3, -0.25) is 4.99 Å². The summed E-state index contributed by atoms with van der Waals surface area (Å²) in [6.45, 7) is 4.36. The van der Waals surface area contributed by atoms with Gasteiger partial charge in [-0.05, 0) is 37.1 Å². The molecule has 3 aromatic rings. The molecule has 0 bridgehead atoms. The van der Waals surface area contributed by atoms with Crippen molar-refractivity contribution in [2.45, 2.75) is 26.1 Å². The molecule has 1 aliphatic rings. The van der Waals surface area contributed by atoms with Gasteiger partial charge in [-0.2, -0.15) is 0 Å². The number of para-hydroxylation sites is 1. The molecular weight excluding hydrogens is 304 g/mol. The Balaban J connectivity index is 1.80. The van der Waals surface area contributed by atoms with Crippen molar-refractivity contribution in [3.05, 3.63) is 102 Å². The molecule has 2 atom stereocenters. The van der Waals surface area contributed by atoms with Crippen LogP contribution in [0.3, 0.4) is 0 Å². The van der Waals surface area contributed by atoms with Crippen LogP contribution in [0, 0.1) is 6.92 Å². The van der Waals surface area contributed by atoms with Gasteiger partial charge < -0.3 is 4.90 Å². The molecule has 0 saturated heterocycles. The predicted molar refractivity (Wildman–Crippen MR) is 105 cm³/mol. The fourth-order valence-electron chi connectivity index (χ4n) is 3.51. The van der Waals surface area contributed by atoms with E-state index in [-0.39, 0.29) is 12.2 Å². The van der Waals surface area contributed by atoms with Crippen LogP contribution < -0.4 is 4.90 Å². The third-order valence-electron chi connectivity index (χ3n) is 4.84. The molecule has 0 spiro atoms. The maximum Gasteiger partial charge on any atom is 0.148 e. The molecule has 2 unspecified atom stereocenters. The van der Waals surface area contributed by atoms with E-state index >= 15 is 0 Å². The molecule has 124 valence electrons. The van der Waals surface area contributed by atoms with E-state index < -0.39 is 0 Å². The van der Waals surface area contributed by atoms with Crippen molar-refractivity contribution in [3.8, 4) is 0 Å². The highest BCUT2D eigenvalue weighted by Gasteiger charge is 2.34. The van der Waals surface area contributed by atoms with Gasteiger partial charge >= 0.3 is 0 Å². The van der Waals surface area contributed by atoms with Crippen molar-refractivity contribution in [2.24, 2.45) is 4.99 Å². The molecule has 2 heteroatoms. The zero-order valence-electron chi connectivity index (χ0n) is 14.6. The first-order chi connectivity index (χ1) is 12.2. The highest BCUT2D eigenvalue weighted by atomic mass is 15.3. The first-order valence-corrected chi connectivity index (χ1v) is 8.77. The average molecular weight is 326 g/mol. The number of benzene rings is 3. The molecule has 2 nitrogen and oxygen atoms in total. The molecule has 1 aliphatic heterocycles. The van der Waals surface area contributed by atoms with Crippen molar-refractivity contribution >= 4 is 11.4 Å². The summed E-state index contributed by atoms with van der Waals surface area (Å²) in [5.41, 5.74) is 6.06. The summed E-state index contributed by atoms with van der Waals surface area (Å²) in [6.07, 6.45) is 0.00917. The van der Waals surface area contributed by atoms with Gasteiger partial charge in [0.1, 0.15) is 6.17 Å². The third kappa shape index (κ3) is 2.96. The van der Waals surface area contributed by atoms with Crippen molar-refractivity contribution in [2.75, 3.05) is 4.90 Å². The molecule has 0 fully saturated rings. The van der Waals surface area contributed by atoms with Crippen LogP contribution in [-0.4, -0.2) is 11.8 Å². The lowest BCUT2D eigenvalue weighted by molar-refractivity contribution is 0.675. The van der Waals surface area contributed by atoms with E-state index in [9.17, 15) is 0 Å². The van der Waals surface area contributed by atoms with Crippen molar-refractivity contribution in [1.29, 1.82) is 0 Å². The van der Waals surface area contributed by atoms with Crippen LogP contribution in [-0.2, 0) is 0 Å². The molecule has 0 saturated carbocycles. The monoisotopic (exact) mass is 326 g/mol. The lowest BCUT2D eigenvalue weighted by Gasteiger charge is -2.30. The number of nitrogens with zero attached hydrogens (tertiary/aromatic N) is 2. The fraction of sp³-hybridized carbons (Fsp3) is 0.174. The Kier molecular flexibility index (Phi) is 4.10. The van der Waals surface area contributed by atoms with Gasteiger partial charge in [0.2, 0.25) is 0 Å². The molecular formula is C23H22N2. The number of aryl methyl sites for hydroxylation is 1. The van der Waals surface area contributed by atoms with E-state index in [1.807, 2.05) is 0 Å². The van der Waals surface area contributed by atoms with Gasteiger partial charge in [-0.1, -0.05) is 78.4 Å². The van der Waals surface area contributed by atoms with Crippen molar-refractivity contribution in [1.82, 2.24) is 0 Å². The fourth-order valence-corrected chi connectivity index (χ4v) is 3.51. The van der Waals surface area contributed by atoms with Gasteiger partial charge in [0.25, 0.3) is 0 Å². The summed E-state index contributed by atoms with van der Waals surface area (Å²) in [6, 6.07) is 30.0. The smallest absolute Gasteiger partial charge is 0.148 e. The maximum atomic E-state index is 5.14. The molecule has 0 aliphatic carbocycles. The summed E-state index contributed by atoms with van der Waals surface area (Å²) in [5.74, 6) is 0. The second-order valence-corrected chi connectivity index (χ2v) is 6.58. The van der Waals surface area contributed by atoms with Crippen LogP contribution in [0.25, 0.3) is 0 Å². The van der Waals surface area contributed by atoms with Crippen LogP contribution in [0.5, 0.6) is 0 Å². The van der Waals surface area contributed by atoms with Crippen LogP contribution in [0.2, 0.25) is 0 Å². The van der Waals surface area contributed by atoms with Gasteiger partial charge in [0.15, 0.2) is 0 Å². The number of rotatable bonds is 3. The quantitative estimate of drug-likeness (QED) is 0.630. The van der Waals surface area contributed by atoms with E-state index in [2.05, 4.69) is 104 Å². The number of aliphatic imine (C=N–C) groups is 1. The summed E-state index contributed by atoms with van der Waals surface area (Å²) in [4.78, 5) is 7.55. The summed E-state index contributed by atoms with van der Waals surface area (Å²) in [7, 11) is 0. The zero-order valence-corrected chi connectivity index (χ0v) is 14.6. The first kappa shape index (κ1) is 15.6. The molecule has 0 aromatic heterocycles. The number of hydrogen-bond donors (Lipinski definition) is 0. The Hall–Kier alpha value is -2.87. The lowest BCUT2D eigenvalue weighted by Crippen LogP contribution is -2.35. The van der Waals surface area contributed by atoms with E-state index in [0.717, 1.165) is 5.71 Å².